The molecule has 2 N–H and O–H groups in total. The molecule has 2 amide bonds. The first-order chi connectivity index (χ1) is 13.6. The molecule has 2 aromatic carbocycles. The molecule has 0 aliphatic carbocycles. The number of nitrogens with one attached hydrogen (secondary N) is 2. The summed E-state index contributed by atoms with van der Waals surface area (Å²) in [5.74, 6) is -0.304. The van der Waals surface area contributed by atoms with Gasteiger partial charge in [-0.2, -0.15) is 0 Å². The highest BCUT2D eigenvalue weighted by molar-refractivity contribution is 8.18. The summed E-state index contributed by atoms with van der Waals surface area (Å²) in [7, 11) is 0. The van der Waals surface area contributed by atoms with Crippen LogP contribution in [0.5, 0.6) is 0 Å². The van der Waals surface area contributed by atoms with Crippen LogP contribution in [-0.4, -0.2) is 22.0 Å². The average Bonchev–Trinajstić information content (AvgIpc) is 3.02. The Bertz CT molecular complexity index is 1140. The Labute approximate surface area is 165 Å². The lowest BCUT2D eigenvalue weighted by molar-refractivity contribution is -0.115. The van der Waals surface area contributed by atoms with Gasteiger partial charge in [-0.3, -0.25) is 14.6 Å². The third kappa shape index (κ3) is 4.10. The number of rotatable bonds is 3. The summed E-state index contributed by atoms with van der Waals surface area (Å²) >= 11 is 1.29. The van der Waals surface area contributed by atoms with E-state index >= 15 is 0 Å². The normalized spacial score (nSPS) is 16.5. The molecule has 3 aromatic rings. The number of amides is 2. The SMILES string of the molecule is CC(=O)Nc1ccc(N=C2NC(=O)/C(=C\c3ccc4ncccc4c3)S2)cc1. The molecule has 28 heavy (non-hydrogen) atoms. The Kier molecular flexibility index (Phi) is 4.90. The van der Waals surface area contributed by atoms with Crippen LogP contribution >= 0.6 is 11.8 Å². The first-order valence-electron chi connectivity index (χ1n) is 8.59. The lowest BCUT2D eigenvalue weighted by Crippen LogP contribution is -2.19. The number of aromatic nitrogens is 1. The van der Waals surface area contributed by atoms with Gasteiger partial charge in [0.15, 0.2) is 5.17 Å². The molecule has 0 bridgehead atoms. The molecule has 0 spiro atoms. The number of benzene rings is 2. The van der Waals surface area contributed by atoms with Crippen molar-refractivity contribution in [2.24, 2.45) is 4.99 Å². The van der Waals surface area contributed by atoms with Gasteiger partial charge in [-0.05, 0) is 65.9 Å². The van der Waals surface area contributed by atoms with Gasteiger partial charge in [-0.25, -0.2) is 4.99 Å². The van der Waals surface area contributed by atoms with Crippen molar-refractivity contribution < 1.29 is 9.59 Å². The van der Waals surface area contributed by atoms with E-state index in [-0.39, 0.29) is 11.8 Å². The van der Waals surface area contributed by atoms with Crippen molar-refractivity contribution in [1.82, 2.24) is 10.3 Å². The van der Waals surface area contributed by atoms with Crippen LogP contribution in [0.25, 0.3) is 17.0 Å². The van der Waals surface area contributed by atoms with Crippen molar-refractivity contribution in [3.8, 4) is 0 Å². The largest absolute Gasteiger partial charge is 0.326 e. The minimum Gasteiger partial charge on any atom is -0.326 e. The van der Waals surface area contributed by atoms with Gasteiger partial charge in [0, 0.05) is 24.2 Å². The maximum atomic E-state index is 12.3. The number of thioether (sulfide) groups is 1. The molecule has 0 atom stereocenters. The first-order valence-corrected chi connectivity index (χ1v) is 9.40. The van der Waals surface area contributed by atoms with Crippen LogP contribution in [0.3, 0.4) is 0 Å². The van der Waals surface area contributed by atoms with Crippen molar-refractivity contribution in [2.75, 3.05) is 5.32 Å². The lowest BCUT2D eigenvalue weighted by atomic mass is 10.1. The minimum atomic E-state index is -0.176. The van der Waals surface area contributed by atoms with E-state index in [9.17, 15) is 9.59 Å². The molecule has 6 nitrogen and oxygen atoms in total. The Balaban J connectivity index is 1.53. The number of hydrogen-bond donors (Lipinski definition) is 2. The quantitative estimate of drug-likeness (QED) is 0.662. The first kappa shape index (κ1) is 17.9. The Morgan fingerprint density at radius 3 is 2.79 bits per heavy atom. The zero-order valence-corrected chi connectivity index (χ0v) is 15.8. The molecule has 1 saturated heterocycles. The molecule has 0 unspecified atom stereocenters. The summed E-state index contributed by atoms with van der Waals surface area (Å²) in [6, 6.07) is 16.8. The molecular formula is C21H16N4O2S. The highest BCUT2D eigenvalue weighted by Gasteiger charge is 2.23. The van der Waals surface area contributed by atoms with Gasteiger partial charge < -0.3 is 10.6 Å². The van der Waals surface area contributed by atoms with Crippen LogP contribution in [-0.2, 0) is 9.59 Å². The number of carbonyl (C=O) groups is 2. The van der Waals surface area contributed by atoms with E-state index < -0.39 is 0 Å². The fraction of sp³-hybridized carbons (Fsp3) is 0.0476. The van der Waals surface area contributed by atoms with E-state index in [0.29, 0.717) is 21.4 Å². The standard InChI is InChI=1S/C21H16N4O2S/c1-13(26)23-16-5-7-17(8-6-16)24-21-25-20(27)19(28-21)12-14-4-9-18-15(11-14)3-2-10-22-18/h2-12H,1H3,(H,23,26)(H,24,25,27)/b19-12+. The number of anilines is 1. The summed E-state index contributed by atoms with van der Waals surface area (Å²) in [4.78, 5) is 32.7. The summed E-state index contributed by atoms with van der Waals surface area (Å²) in [5, 5.41) is 7.03. The Morgan fingerprint density at radius 2 is 2.00 bits per heavy atom. The van der Waals surface area contributed by atoms with Crippen LogP contribution in [0.4, 0.5) is 11.4 Å². The molecule has 0 radical (unpaired) electrons. The number of aliphatic imine (C=N–C) groups is 1. The van der Waals surface area contributed by atoms with Gasteiger partial charge in [0.1, 0.15) is 0 Å². The highest BCUT2D eigenvalue weighted by atomic mass is 32.2. The average molecular weight is 388 g/mol. The van der Waals surface area contributed by atoms with E-state index in [1.807, 2.05) is 36.4 Å². The summed E-state index contributed by atoms with van der Waals surface area (Å²) < 4.78 is 0. The predicted molar refractivity (Wildman–Crippen MR) is 113 cm³/mol. The molecular weight excluding hydrogens is 372 g/mol. The minimum absolute atomic E-state index is 0.128. The second-order valence-corrected chi connectivity index (χ2v) is 7.20. The summed E-state index contributed by atoms with van der Waals surface area (Å²) in [5.41, 5.74) is 3.23. The van der Waals surface area contributed by atoms with Crippen LogP contribution in [0.2, 0.25) is 0 Å². The second kappa shape index (κ2) is 7.66. The van der Waals surface area contributed by atoms with Gasteiger partial charge in [0.05, 0.1) is 16.1 Å². The lowest BCUT2D eigenvalue weighted by Gasteiger charge is -2.02. The van der Waals surface area contributed by atoms with E-state index in [1.165, 1.54) is 18.7 Å². The van der Waals surface area contributed by atoms with Gasteiger partial charge in [0.25, 0.3) is 5.91 Å². The number of amidine groups is 1. The third-order valence-corrected chi connectivity index (χ3v) is 4.90. The van der Waals surface area contributed by atoms with Gasteiger partial charge in [-0.1, -0.05) is 12.1 Å². The van der Waals surface area contributed by atoms with Gasteiger partial charge in [-0.15, -0.1) is 0 Å². The van der Waals surface area contributed by atoms with Crippen molar-refractivity contribution in [2.45, 2.75) is 6.92 Å². The molecule has 1 fully saturated rings. The van der Waals surface area contributed by atoms with E-state index in [0.717, 1.165) is 16.5 Å². The fourth-order valence-corrected chi connectivity index (χ4v) is 3.60. The number of fused-ring (bicyclic) bond motifs is 1. The topological polar surface area (TPSA) is 83.5 Å². The second-order valence-electron chi connectivity index (χ2n) is 6.17. The third-order valence-electron chi connectivity index (χ3n) is 3.99. The van der Waals surface area contributed by atoms with Crippen LogP contribution < -0.4 is 10.6 Å². The number of pyridine rings is 1. The van der Waals surface area contributed by atoms with Crippen molar-refractivity contribution >= 4 is 57.1 Å². The molecule has 4 rings (SSSR count). The van der Waals surface area contributed by atoms with Crippen molar-refractivity contribution in [3.05, 3.63) is 71.3 Å². The Hall–Kier alpha value is -3.45. The van der Waals surface area contributed by atoms with E-state index in [2.05, 4.69) is 20.6 Å². The van der Waals surface area contributed by atoms with E-state index in [1.54, 1.807) is 30.5 Å². The molecule has 1 aromatic heterocycles. The zero-order chi connectivity index (χ0) is 19.5. The highest BCUT2D eigenvalue weighted by Crippen LogP contribution is 2.29. The monoisotopic (exact) mass is 388 g/mol. The van der Waals surface area contributed by atoms with Crippen molar-refractivity contribution in [3.63, 3.8) is 0 Å². The van der Waals surface area contributed by atoms with Gasteiger partial charge >= 0.3 is 0 Å². The summed E-state index contributed by atoms with van der Waals surface area (Å²) in [6.07, 6.45) is 3.60. The Morgan fingerprint density at radius 1 is 1.18 bits per heavy atom. The zero-order valence-electron chi connectivity index (χ0n) is 15.0. The maximum Gasteiger partial charge on any atom is 0.264 e. The molecule has 1 aliphatic heterocycles. The smallest absolute Gasteiger partial charge is 0.264 e. The molecule has 2 heterocycles. The van der Waals surface area contributed by atoms with Crippen LogP contribution in [0.15, 0.2) is 70.7 Å². The van der Waals surface area contributed by atoms with Crippen LogP contribution in [0.1, 0.15) is 12.5 Å². The number of hydrogen-bond acceptors (Lipinski definition) is 5. The molecule has 0 saturated carbocycles. The molecule has 7 heteroatoms. The maximum absolute atomic E-state index is 12.3. The predicted octanol–water partition coefficient (Wildman–Crippen LogP) is 4.08. The fourth-order valence-electron chi connectivity index (χ4n) is 2.76. The van der Waals surface area contributed by atoms with E-state index in [4.69, 9.17) is 0 Å². The number of carbonyl (C=O) groups excluding carboxylic acids is 2. The number of nitrogens with zero attached hydrogens (tertiary/aromatic N) is 2. The molecule has 138 valence electrons. The van der Waals surface area contributed by atoms with Gasteiger partial charge in [0.2, 0.25) is 5.91 Å². The summed E-state index contributed by atoms with van der Waals surface area (Å²) in [6.45, 7) is 1.46. The van der Waals surface area contributed by atoms with Crippen molar-refractivity contribution in [1.29, 1.82) is 0 Å². The van der Waals surface area contributed by atoms with Crippen LogP contribution in [0, 0.1) is 0 Å². The molecule has 1 aliphatic rings.